The number of rotatable bonds is 4. The molecule has 0 amide bonds. The maximum atomic E-state index is 5.89. The van der Waals surface area contributed by atoms with E-state index < -0.39 is 0 Å². The molecule has 0 aromatic heterocycles. The third-order valence-corrected chi connectivity index (χ3v) is 5.51. The molecule has 0 spiro atoms. The van der Waals surface area contributed by atoms with Gasteiger partial charge in [0.1, 0.15) is 0 Å². The van der Waals surface area contributed by atoms with Crippen molar-refractivity contribution in [1.82, 2.24) is 0 Å². The summed E-state index contributed by atoms with van der Waals surface area (Å²) < 4.78 is 0. The molecule has 0 heterocycles. The van der Waals surface area contributed by atoms with Gasteiger partial charge in [-0.15, -0.1) is 0 Å². The summed E-state index contributed by atoms with van der Waals surface area (Å²) in [7, 11) is -0.343. The molecule has 0 aliphatic heterocycles. The van der Waals surface area contributed by atoms with Gasteiger partial charge in [-0.1, -0.05) is 37.6 Å². The molecule has 0 saturated carbocycles. The highest BCUT2D eigenvalue weighted by Crippen LogP contribution is 2.35. The maximum absolute atomic E-state index is 5.89. The van der Waals surface area contributed by atoms with Crippen LogP contribution in [-0.4, -0.2) is 6.16 Å². The van der Waals surface area contributed by atoms with Gasteiger partial charge in [0.25, 0.3) is 0 Å². The van der Waals surface area contributed by atoms with Crippen molar-refractivity contribution in [3.8, 4) is 0 Å². The highest BCUT2D eigenvalue weighted by molar-refractivity contribution is 7.73. The summed E-state index contributed by atoms with van der Waals surface area (Å²) in [6.07, 6.45) is 2.33. The summed E-state index contributed by atoms with van der Waals surface area (Å²) in [5, 5.41) is 2.66. The minimum atomic E-state index is -0.343. The Kier molecular flexibility index (Phi) is 4.22. The largest absolute Gasteiger partial charge is 0.399 e. The molecule has 2 rings (SSSR count). The Bertz CT molecular complexity index is 480. The molecule has 2 nitrogen and oxygen atoms in total. The summed E-state index contributed by atoms with van der Waals surface area (Å²) in [5.74, 6) is 0. The monoisotopic (exact) mass is 258 g/mol. The summed E-state index contributed by atoms with van der Waals surface area (Å²) in [4.78, 5) is 0. The summed E-state index contributed by atoms with van der Waals surface area (Å²) in [6, 6.07) is 16.4. The van der Waals surface area contributed by atoms with E-state index in [9.17, 15) is 0 Å². The average molecular weight is 258 g/mol. The number of benzene rings is 2. The van der Waals surface area contributed by atoms with Crippen LogP contribution in [0.2, 0.25) is 0 Å². The Morgan fingerprint density at radius 3 is 1.78 bits per heavy atom. The fourth-order valence-electron chi connectivity index (χ4n) is 2.02. The van der Waals surface area contributed by atoms with Crippen molar-refractivity contribution in [3.05, 3.63) is 48.5 Å². The molecule has 0 saturated heterocycles. The van der Waals surface area contributed by atoms with Gasteiger partial charge in [-0.25, -0.2) is 0 Å². The number of nitrogen functional groups attached to an aromatic ring is 2. The predicted octanol–water partition coefficient (Wildman–Crippen LogP) is 2.69. The molecule has 18 heavy (non-hydrogen) atoms. The first-order chi connectivity index (χ1) is 8.70. The number of anilines is 2. The van der Waals surface area contributed by atoms with E-state index in [1.807, 2.05) is 24.3 Å². The topological polar surface area (TPSA) is 52.0 Å². The summed E-state index contributed by atoms with van der Waals surface area (Å²) in [6.45, 7) is 2.22. The molecule has 0 aliphatic carbocycles. The molecule has 2 aromatic carbocycles. The van der Waals surface area contributed by atoms with Crippen molar-refractivity contribution in [3.63, 3.8) is 0 Å². The second-order valence-corrected chi connectivity index (χ2v) is 6.68. The van der Waals surface area contributed by atoms with E-state index in [1.54, 1.807) is 0 Å². The molecule has 4 N–H and O–H groups in total. The molecular formula is C15H19N2P. The highest BCUT2D eigenvalue weighted by atomic mass is 31.1. The quantitative estimate of drug-likeness (QED) is 0.654. The second-order valence-electron chi connectivity index (χ2n) is 4.34. The molecule has 94 valence electrons. The molecule has 0 radical (unpaired) electrons. The molecule has 0 atom stereocenters. The lowest BCUT2D eigenvalue weighted by molar-refractivity contribution is 1.10. The van der Waals surface area contributed by atoms with Crippen molar-refractivity contribution >= 4 is 29.9 Å². The molecule has 2 aromatic rings. The van der Waals surface area contributed by atoms with Crippen LogP contribution in [0, 0.1) is 0 Å². The zero-order chi connectivity index (χ0) is 13.0. The van der Waals surface area contributed by atoms with Crippen molar-refractivity contribution in [1.29, 1.82) is 0 Å². The summed E-state index contributed by atoms with van der Waals surface area (Å²) in [5.41, 5.74) is 13.4. The Hall–Kier alpha value is -1.53. The van der Waals surface area contributed by atoms with E-state index in [1.165, 1.54) is 16.8 Å². The number of nitrogens with two attached hydrogens (primary N) is 2. The third-order valence-electron chi connectivity index (χ3n) is 2.81. The molecule has 0 bridgehead atoms. The fraction of sp³-hybridized carbons (Fsp3) is 0.200. The lowest BCUT2D eigenvalue weighted by atomic mass is 10.3. The Morgan fingerprint density at radius 2 is 1.39 bits per heavy atom. The van der Waals surface area contributed by atoms with E-state index in [0.717, 1.165) is 17.8 Å². The Balaban J connectivity index is 2.39. The van der Waals surface area contributed by atoms with E-state index >= 15 is 0 Å². The standard InChI is InChI=1S/C15H19N2P/c1-2-9-18(14-7-3-5-12(16)10-14)15-8-4-6-13(17)11-15/h3-8,10-11H,2,9,16-17H2,1H3. The van der Waals surface area contributed by atoms with Crippen molar-refractivity contribution < 1.29 is 0 Å². The van der Waals surface area contributed by atoms with E-state index in [-0.39, 0.29) is 7.92 Å². The zero-order valence-electron chi connectivity index (χ0n) is 10.6. The van der Waals surface area contributed by atoms with Crippen molar-refractivity contribution in [2.75, 3.05) is 17.6 Å². The number of hydrogen-bond acceptors (Lipinski definition) is 2. The van der Waals surface area contributed by atoms with Crippen LogP contribution in [0.25, 0.3) is 0 Å². The molecule has 0 aliphatic rings. The normalized spacial score (nSPS) is 10.8. The van der Waals surface area contributed by atoms with Crippen LogP contribution >= 0.6 is 7.92 Å². The molecule has 0 fully saturated rings. The zero-order valence-corrected chi connectivity index (χ0v) is 11.5. The highest BCUT2D eigenvalue weighted by Gasteiger charge is 2.13. The van der Waals surface area contributed by atoms with Crippen LogP contribution in [-0.2, 0) is 0 Å². The minimum Gasteiger partial charge on any atom is -0.399 e. The maximum Gasteiger partial charge on any atom is 0.0320 e. The van der Waals surface area contributed by atoms with Crippen molar-refractivity contribution in [2.24, 2.45) is 0 Å². The average Bonchev–Trinajstić information content (AvgIpc) is 2.36. The van der Waals surface area contributed by atoms with Crippen LogP contribution in [0.5, 0.6) is 0 Å². The fourth-order valence-corrected chi connectivity index (χ4v) is 4.42. The smallest absolute Gasteiger partial charge is 0.0320 e. The van der Waals surface area contributed by atoms with Gasteiger partial charge in [0.2, 0.25) is 0 Å². The molecule has 0 unspecified atom stereocenters. The molecular weight excluding hydrogens is 239 g/mol. The minimum absolute atomic E-state index is 0.343. The van der Waals surface area contributed by atoms with E-state index in [4.69, 9.17) is 11.5 Å². The van der Waals surface area contributed by atoms with Gasteiger partial charge in [0.05, 0.1) is 0 Å². The van der Waals surface area contributed by atoms with Crippen LogP contribution in [0.15, 0.2) is 48.5 Å². The van der Waals surface area contributed by atoms with Crippen molar-refractivity contribution in [2.45, 2.75) is 13.3 Å². The lowest BCUT2D eigenvalue weighted by Gasteiger charge is -2.18. The Labute approximate surface area is 110 Å². The van der Waals surface area contributed by atoms with Crippen LogP contribution < -0.4 is 22.1 Å². The van der Waals surface area contributed by atoms with Gasteiger partial charge in [-0.3, -0.25) is 0 Å². The summed E-state index contributed by atoms with van der Waals surface area (Å²) >= 11 is 0. The predicted molar refractivity (Wildman–Crippen MR) is 83.1 cm³/mol. The third kappa shape index (κ3) is 3.02. The first-order valence-electron chi connectivity index (χ1n) is 6.19. The molecule has 3 heteroatoms. The van der Waals surface area contributed by atoms with E-state index in [0.29, 0.717) is 0 Å². The van der Waals surface area contributed by atoms with Gasteiger partial charge < -0.3 is 11.5 Å². The van der Waals surface area contributed by atoms with E-state index in [2.05, 4.69) is 31.2 Å². The van der Waals surface area contributed by atoms with Crippen LogP contribution in [0.4, 0.5) is 11.4 Å². The van der Waals surface area contributed by atoms with Crippen LogP contribution in [0.1, 0.15) is 13.3 Å². The first kappa shape index (κ1) is 12.9. The van der Waals surface area contributed by atoms with Gasteiger partial charge in [-0.2, -0.15) is 0 Å². The van der Waals surface area contributed by atoms with Gasteiger partial charge in [0.15, 0.2) is 0 Å². The van der Waals surface area contributed by atoms with Crippen LogP contribution in [0.3, 0.4) is 0 Å². The van der Waals surface area contributed by atoms with Gasteiger partial charge in [-0.05, 0) is 49.0 Å². The SMILES string of the molecule is CCCP(c1cccc(N)c1)c1cccc(N)c1. The van der Waals surface area contributed by atoms with Gasteiger partial charge >= 0.3 is 0 Å². The van der Waals surface area contributed by atoms with Gasteiger partial charge in [0, 0.05) is 11.4 Å². The second kappa shape index (κ2) is 5.88. The lowest BCUT2D eigenvalue weighted by Crippen LogP contribution is -2.15. The Morgan fingerprint density at radius 1 is 0.889 bits per heavy atom. The number of hydrogen-bond donors (Lipinski definition) is 2. The first-order valence-corrected chi connectivity index (χ1v) is 7.72.